The number of thiazole rings is 1. The van der Waals surface area contributed by atoms with Gasteiger partial charge in [0.1, 0.15) is 6.54 Å². The first-order chi connectivity index (χ1) is 15.3. The molecule has 0 atom stereocenters. The lowest BCUT2D eigenvalue weighted by Crippen LogP contribution is -2.31. The van der Waals surface area contributed by atoms with E-state index in [1.807, 2.05) is 32.0 Å². The Bertz CT molecular complexity index is 1320. The molecule has 9 heteroatoms. The summed E-state index contributed by atoms with van der Waals surface area (Å²) >= 11 is 0.958. The van der Waals surface area contributed by atoms with Crippen molar-refractivity contribution >= 4 is 43.2 Å². The predicted octanol–water partition coefficient (Wildman–Crippen LogP) is 3.88. The summed E-state index contributed by atoms with van der Waals surface area (Å²) in [5, 5.41) is 2.87. The van der Waals surface area contributed by atoms with Crippen molar-refractivity contribution in [2.24, 2.45) is 0 Å². The summed E-state index contributed by atoms with van der Waals surface area (Å²) in [6.45, 7) is 4.82. The fourth-order valence-electron chi connectivity index (χ4n) is 4.01. The van der Waals surface area contributed by atoms with Gasteiger partial charge in [-0.15, -0.1) is 0 Å². The lowest BCUT2D eigenvalue weighted by atomic mass is 10.1. The van der Waals surface area contributed by atoms with E-state index in [2.05, 4.69) is 5.32 Å². The van der Waals surface area contributed by atoms with Crippen molar-refractivity contribution in [2.75, 3.05) is 18.4 Å². The number of aryl methyl sites for hydroxylation is 1. The van der Waals surface area contributed by atoms with Gasteiger partial charge in [0.15, 0.2) is 0 Å². The Labute approximate surface area is 191 Å². The number of carbonyl (C=O) groups is 1. The molecule has 4 rings (SSSR count). The van der Waals surface area contributed by atoms with Crippen LogP contribution in [0.3, 0.4) is 0 Å². The van der Waals surface area contributed by atoms with Crippen LogP contribution in [0.1, 0.15) is 36.8 Å². The molecule has 0 spiro atoms. The topological polar surface area (TPSA) is 88.5 Å². The Morgan fingerprint density at radius 3 is 2.50 bits per heavy atom. The molecule has 0 saturated carbocycles. The number of rotatable bonds is 5. The minimum absolute atomic E-state index is 0.134. The Kier molecular flexibility index (Phi) is 6.50. The lowest BCUT2D eigenvalue weighted by molar-refractivity contribution is -0.116. The first-order valence-electron chi connectivity index (χ1n) is 10.8. The maximum Gasteiger partial charge on any atom is 0.308 e. The van der Waals surface area contributed by atoms with Gasteiger partial charge in [0.2, 0.25) is 15.9 Å². The van der Waals surface area contributed by atoms with Crippen molar-refractivity contribution in [3.8, 4) is 0 Å². The molecule has 1 amide bonds. The molecule has 0 bridgehead atoms. The van der Waals surface area contributed by atoms with Crippen LogP contribution in [-0.2, 0) is 21.4 Å². The molecule has 32 heavy (non-hydrogen) atoms. The smallest absolute Gasteiger partial charge is 0.308 e. The van der Waals surface area contributed by atoms with Crippen LogP contribution in [0.25, 0.3) is 10.2 Å². The van der Waals surface area contributed by atoms with Crippen LogP contribution in [0.15, 0.2) is 46.1 Å². The highest BCUT2D eigenvalue weighted by atomic mass is 32.2. The van der Waals surface area contributed by atoms with Crippen LogP contribution in [0.5, 0.6) is 0 Å². The Balaban J connectivity index is 1.59. The number of fused-ring (bicyclic) bond motifs is 1. The number of benzene rings is 2. The van der Waals surface area contributed by atoms with E-state index >= 15 is 0 Å². The van der Waals surface area contributed by atoms with E-state index in [0.717, 1.165) is 48.1 Å². The zero-order valence-electron chi connectivity index (χ0n) is 18.3. The molecule has 1 fully saturated rings. The molecule has 1 N–H and O–H groups in total. The minimum atomic E-state index is -3.60. The van der Waals surface area contributed by atoms with Crippen molar-refractivity contribution in [3.05, 3.63) is 57.2 Å². The van der Waals surface area contributed by atoms with Crippen molar-refractivity contribution in [3.63, 3.8) is 0 Å². The van der Waals surface area contributed by atoms with Gasteiger partial charge >= 0.3 is 4.87 Å². The van der Waals surface area contributed by atoms with Gasteiger partial charge < -0.3 is 5.32 Å². The molecule has 1 aromatic heterocycles. The van der Waals surface area contributed by atoms with E-state index in [1.165, 1.54) is 10.6 Å². The van der Waals surface area contributed by atoms with Crippen LogP contribution in [0.2, 0.25) is 0 Å². The van der Waals surface area contributed by atoms with Gasteiger partial charge in [0, 0.05) is 18.8 Å². The average Bonchev–Trinajstić information content (AvgIpc) is 2.93. The number of carbonyl (C=O) groups excluding carboxylic acids is 1. The number of hydrogen-bond donors (Lipinski definition) is 1. The third-order valence-electron chi connectivity index (χ3n) is 6.02. The maximum absolute atomic E-state index is 13.1. The minimum Gasteiger partial charge on any atom is -0.324 e. The van der Waals surface area contributed by atoms with Gasteiger partial charge in [-0.05, 0) is 62.1 Å². The standard InChI is InChI=1S/C23H27N3O4S2/c1-16-8-7-9-19(17(16)2)24-22(27)15-26-20-11-10-18(14-21(20)31-23(26)28)32(29,30)25-12-5-3-4-6-13-25/h7-11,14H,3-6,12-13,15H2,1-2H3,(H,24,27). The van der Waals surface area contributed by atoms with Gasteiger partial charge in [-0.3, -0.25) is 14.2 Å². The molecule has 1 saturated heterocycles. The highest BCUT2D eigenvalue weighted by Crippen LogP contribution is 2.26. The second-order valence-corrected chi connectivity index (χ2v) is 11.1. The van der Waals surface area contributed by atoms with Gasteiger partial charge in [0.25, 0.3) is 0 Å². The summed E-state index contributed by atoms with van der Waals surface area (Å²) in [5.41, 5.74) is 3.32. The number of nitrogens with one attached hydrogen (secondary N) is 1. The fourth-order valence-corrected chi connectivity index (χ4v) is 6.56. The third-order valence-corrected chi connectivity index (χ3v) is 8.86. The summed E-state index contributed by atoms with van der Waals surface area (Å²) < 4.78 is 29.7. The summed E-state index contributed by atoms with van der Waals surface area (Å²) in [5.74, 6) is -0.304. The Morgan fingerprint density at radius 2 is 1.78 bits per heavy atom. The van der Waals surface area contributed by atoms with Crippen LogP contribution in [-0.4, -0.2) is 36.3 Å². The molecule has 2 aromatic carbocycles. The van der Waals surface area contributed by atoms with Crippen LogP contribution in [0.4, 0.5) is 5.69 Å². The summed E-state index contributed by atoms with van der Waals surface area (Å²) in [7, 11) is -3.60. The molecule has 1 aliphatic heterocycles. The van der Waals surface area contributed by atoms with Crippen molar-refractivity contribution in [1.82, 2.24) is 8.87 Å². The van der Waals surface area contributed by atoms with Gasteiger partial charge in [0.05, 0.1) is 15.1 Å². The maximum atomic E-state index is 13.1. The molecular weight excluding hydrogens is 446 g/mol. The molecule has 0 unspecified atom stereocenters. The first kappa shape index (κ1) is 22.7. The SMILES string of the molecule is Cc1cccc(NC(=O)Cn2c(=O)sc3cc(S(=O)(=O)N4CCCCCC4)ccc32)c1C. The van der Waals surface area contributed by atoms with Crippen molar-refractivity contribution < 1.29 is 13.2 Å². The Hall–Kier alpha value is -2.49. The number of sulfonamides is 1. The number of amides is 1. The van der Waals surface area contributed by atoms with Gasteiger partial charge in [-0.25, -0.2) is 8.42 Å². The van der Waals surface area contributed by atoms with E-state index in [1.54, 1.807) is 16.4 Å². The zero-order chi connectivity index (χ0) is 22.9. The molecule has 170 valence electrons. The number of aromatic nitrogens is 1. The lowest BCUT2D eigenvalue weighted by Gasteiger charge is -2.19. The molecule has 0 aliphatic carbocycles. The number of hydrogen-bond acceptors (Lipinski definition) is 5. The molecule has 3 aromatic rings. The highest BCUT2D eigenvalue weighted by molar-refractivity contribution is 7.89. The molecule has 1 aliphatic rings. The quantitative estimate of drug-likeness (QED) is 0.609. The zero-order valence-corrected chi connectivity index (χ0v) is 19.9. The average molecular weight is 474 g/mol. The normalized spacial score (nSPS) is 15.6. The predicted molar refractivity (Wildman–Crippen MR) is 128 cm³/mol. The number of anilines is 1. The van der Waals surface area contributed by atoms with E-state index in [4.69, 9.17) is 0 Å². The first-order valence-corrected chi connectivity index (χ1v) is 13.0. The highest BCUT2D eigenvalue weighted by Gasteiger charge is 2.26. The summed E-state index contributed by atoms with van der Waals surface area (Å²) in [6.07, 6.45) is 3.81. The number of nitrogens with zero attached hydrogens (tertiary/aromatic N) is 2. The summed E-state index contributed by atoms with van der Waals surface area (Å²) in [4.78, 5) is 25.1. The molecule has 0 radical (unpaired) electrons. The van der Waals surface area contributed by atoms with Crippen LogP contribution < -0.4 is 10.2 Å². The van der Waals surface area contributed by atoms with E-state index in [9.17, 15) is 18.0 Å². The van der Waals surface area contributed by atoms with E-state index in [0.29, 0.717) is 29.0 Å². The molecule has 2 heterocycles. The third kappa shape index (κ3) is 4.51. The second-order valence-electron chi connectivity index (χ2n) is 8.20. The van der Waals surface area contributed by atoms with Crippen LogP contribution >= 0.6 is 11.3 Å². The molecular formula is C23H27N3O4S2. The van der Waals surface area contributed by atoms with E-state index < -0.39 is 10.0 Å². The largest absolute Gasteiger partial charge is 0.324 e. The Morgan fingerprint density at radius 1 is 1.06 bits per heavy atom. The summed E-state index contributed by atoms with van der Waals surface area (Å²) in [6, 6.07) is 10.4. The fraction of sp³-hybridized carbons (Fsp3) is 0.391. The van der Waals surface area contributed by atoms with Crippen molar-refractivity contribution in [2.45, 2.75) is 51.0 Å². The van der Waals surface area contributed by atoms with Gasteiger partial charge in [-0.2, -0.15) is 4.31 Å². The molecule has 7 nitrogen and oxygen atoms in total. The van der Waals surface area contributed by atoms with Crippen LogP contribution in [0, 0.1) is 13.8 Å². The van der Waals surface area contributed by atoms with Crippen molar-refractivity contribution in [1.29, 1.82) is 0 Å². The van der Waals surface area contributed by atoms with E-state index in [-0.39, 0.29) is 22.2 Å². The second kappa shape index (κ2) is 9.17. The van der Waals surface area contributed by atoms with Gasteiger partial charge in [-0.1, -0.05) is 36.3 Å². The monoisotopic (exact) mass is 473 g/mol.